The number of quaternary nitrogens is 1. The number of phosphoric acid groups is 1. The van der Waals surface area contributed by atoms with Crippen LogP contribution in [0, 0.1) is 0 Å². The summed E-state index contributed by atoms with van der Waals surface area (Å²) in [5.41, 5.74) is 0. The van der Waals surface area contributed by atoms with Crippen molar-refractivity contribution < 1.29 is 32.9 Å². The van der Waals surface area contributed by atoms with Gasteiger partial charge in [-0.15, -0.1) is 0 Å². The highest BCUT2D eigenvalue weighted by molar-refractivity contribution is 7.47. The lowest BCUT2D eigenvalue weighted by Gasteiger charge is -2.25. The van der Waals surface area contributed by atoms with E-state index in [-0.39, 0.29) is 25.5 Å². The first kappa shape index (κ1) is 70.2. The lowest BCUT2D eigenvalue weighted by Crippen LogP contribution is -2.45. The summed E-state index contributed by atoms with van der Waals surface area (Å²) in [6.07, 6.45) is 79.3. The fourth-order valence-corrected chi connectivity index (χ4v) is 8.81. The fourth-order valence-electron chi connectivity index (χ4n) is 8.08. The first-order chi connectivity index (χ1) is 35.5. The summed E-state index contributed by atoms with van der Waals surface area (Å²) in [6.45, 7) is 4.64. The molecular weight excluding hydrogens is 924 g/mol. The van der Waals surface area contributed by atoms with Gasteiger partial charge in [-0.2, -0.15) is 0 Å². The molecule has 0 radical (unpaired) electrons. The van der Waals surface area contributed by atoms with E-state index in [2.05, 4.69) is 116 Å². The van der Waals surface area contributed by atoms with Crippen molar-refractivity contribution in [3.63, 3.8) is 0 Å². The van der Waals surface area contributed by atoms with Crippen LogP contribution in [0.4, 0.5) is 0 Å². The van der Waals surface area contributed by atoms with E-state index >= 15 is 0 Å². The molecule has 73 heavy (non-hydrogen) atoms. The number of hydrogen-bond acceptors (Lipinski definition) is 5. The van der Waals surface area contributed by atoms with E-state index < -0.39 is 20.0 Å². The van der Waals surface area contributed by atoms with Gasteiger partial charge in [-0.1, -0.05) is 245 Å². The second-order valence-electron chi connectivity index (χ2n) is 21.0. The Hall–Kier alpha value is -2.84. The second-order valence-corrected chi connectivity index (χ2v) is 22.4. The van der Waals surface area contributed by atoms with Gasteiger partial charge in [0, 0.05) is 6.42 Å². The molecule has 0 spiro atoms. The highest BCUT2D eigenvalue weighted by atomic mass is 31.2. The van der Waals surface area contributed by atoms with Gasteiger partial charge in [0.1, 0.15) is 13.2 Å². The number of nitrogens with zero attached hydrogens (tertiary/aromatic N) is 1. The van der Waals surface area contributed by atoms with E-state index in [9.17, 15) is 19.4 Å². The van der Waals surface area contributed by atoms with E-state index in [1.165, 1.54) is 135 Å². The molecule has 0 aliphatic rings. The number of unbranched alkanes of at least 4 members (excludes halogenated alkanes) is 24. The summed E-state index contributed by atoms with van der Waals surface area (Å²) >= 11 is 0. The number of carbonyl (C=O) groups excluding carboxylic acids is 1. The Morgan fingerprint density at radius 1 is 0.479 bits per heavy atom. The highest BCUT2D eigenvalue weighted by Gasteiger charge is 2.27. The molecule has 0 aromatic rings. The van der Waals surface area contributed by atoms with Crippen LogP contribution in [0.1, 0.15) is 239 Å². The minimum atomic E-state index is -4.38. The fraction of sp³-hybridized carbons (Fsp3) is 0.703. The van der Waals surface area contributed by atoms with E-state index in [1.54, 1.807) is 6.08 Å². The molecule has 0 aromatic carbocycles. The third-order valence-electron chi connectivity index (χ3n) is 12.7. The summed E-state index contributed by atoms with van der Waals surface area (Å²) in [6, 6.07) is -0.902. The van der Waals surface area contributed by atoms with Crippen molar-refractivity contribution in [3.8, 4) is 0 Å². The quantitative estimate of drug-likeness (QED) is 0.0243. The van der Waals surface area contributed by atoms with Crippen LogP contribution >= 0.6 is 7.82 Å². The van der Waals surface area contributed by atoms with Gasteiger partial charge in [0.25, 0.3) is 0 Å². The van der Waals surface area contributed by atoms with E-state index in [4.69, 9.17) is 9.05 Å². The van der Waals surface area contributed by atoms with Crippen molar-refractivity contribution in [1.82, 2.24) is 5.32 Å². The Kier molecular flexibility index (Phi) is 51.9. The molecule has 0 aromatic heterocycles. The van der Waals surface area contributed by atoms with E-state index in [1.807, 2.05) is 27.2 Å². The summed E-state index contributed by atoms with van der Waals surface area (Å²) in [5.74, 6) is -0.236. The Bertz CT molecular complexity index is 1550. The zero-order valence-electron chi connectivity index (χ0n) is 47.8. The lowest BCUT2D eigenvalue weighted by atomic mass is 10.0. The third kappa shape index (κ3) is 56.7. The van der Waals surface area contributed by atoms with Crippen molar-refractivity contribution >= 4 is 13.7 Å². The summed E-state index contributed by atoms with van der Waals surface area (Å²) < 4.78 is 23.7. The number of rotatable bonds is 53. The summed E-state index contributed by atoms with van der Waals surface area (Å²) in [4.78, 5) is 23.3. The minimum Gasteiger partial charge on any atom is -0.387 e. The van der Waals surface area contributed by atoms with E-state index in [0.717, 1.165) is 77.0 Å². The predicted octanol–water partition coefficient (Wildman–Crippen LogP) is 18.4. The molecule has 0 aliphatic heterocycles. The van der Waals surface area contributed by atoms with Gasteiger partial charge in [0.05, 0.1) is 39.9 Å². The van der Waals surface area contributed by atoms with Crippen molar-refractivity contribution in [3.05, 3.63) is 109 Å². The Labute approximate surface area is 451 Å². The van der Waals surface area contributed by atoms with Crippen LogP contribution in [0.5, 0.6) is 0 Å². The SMILES string of the molecule is CC/C=C\C/C=C\C/C=C\C/C=C\C/C=C\C/C=C\CCCCC(=O)NC(COP(=O)(O)OCC[N+](C)(C)C)C(O)/C=C/CC/C=C/CC/C=C/CCCCCCCCCCCCCCCCCCCCCC. The van der Waals surface area contributed by atoms with Gasteiger partial charge in [-0.05, 0) is 96.3 Å². The largest absolute Gasteiger partial charge is 0.472 e. The standard InChI is InChI=1S/C64H113N2O6P/c1-6-8-10-12-14-16-18-20-22-24-26-28-29-30-31-32-33-34-35-36-38-39-41-43-45-47-49-51-53-55-57-63(67)62(61-72-73(69,70)71-60-59-66(3,4)5)65-64(68)58-56-54-52-50-48-46-44-42-40-37-27-25-23-21-19-17-15-13-11-9-7-2/h9,11,15,17,21,23,27,37,39,41-42,44,47-50,55,57,62-63,67H,6-8,10,12-14,16,18-20,22,24-26,28-36,38,40,43,45-46,51-54,56,58-61H2,1-5H3,(H-,65,68,69,70)/p+1/b11-9-,17-15-,23-21-,37-27-,41-39+,44-42-,49-47+,50-48-,57-55+. The van der Waals surface area contributed by atoms with Crippen molar-refractivity contribution in [2.75, 3.05) is 40.9 Å². The molecule has 0 heterocycles. The minimum absolute atomic E-state index is 0.0387. The van der Waals surface area contributed by atoms with E-state index in [0.29, 0.717) is 17.4 Å². The third-order valence-corrected chi connectivity index (χ3v) is 13.7. The second kappa shape index (κ2) is 54.0. The smallest absolute Gasteiger partial charge is 0.387 e. The summed E-state index contributed by atoms with van der Waals surface area (Å²) in [7, 11) is 1.50. The van der Waals surface area contributed by atoms with Gasteiger partial charge in [-0.3, -0.25) is 13.8 Å². The highest BCUT2D eigenvalue weighted by Crippen LogP contribution is 2.43. The molecule has 420 valence electrons. The molecule has 0 saturated carbocycles. The van der Waals surface area contributed by atoms with Crippen LogP contribution in [0.3, 0.4) is 0 Å². The van der Waals surface area contributed by atoms with Crippen LogP contribution in [-0.2, 0) is 18.4 Å². The number of amides is 1. The number of nitrogens with one attached hydrogen (secondary N) is 1. The maximum atomic E-state index is 13.0. The number of phosphoric ester groups is 1. The Morgan fingerprint density at radius 3 is 1.26 bits per heavy atom. The van der Waals surface area contributed by atoms with Gasteiger partial charge < -0.3 is 19.8 Å². The molecule has 1 amide bonds. The van der Waals surface area contributed by atoms with Gasteiger partial charge >= 0.3 is 7.82 Å². The number of carbonyl (C=O) groups is 1. The van der Waals surface area contributed by atoms with Crippen LogP contribution in [-0.4, -0.2) is 73.4 Å². The molecule has 3 unspecified atom stereocenters. The molecular formula is C64H114N2O6P+. The topological polar surface area (TPSA) is 105 Å². The molecule has 9 heteroatoms. The molecule has 0 bridgehead atoms. The molecule has 0 fully saturated rings. The predicted molar refractivity (Wildman–Crippen MR) is 318 cm³/mol. The van der Waals surface area contributed by atoms with Crippen LogP contribution in [0.2, 0.25) is 0 Å². The molecule has 8 nitrogen and oxygen atoms in total. The summed E-state index contributed by atoms with van der Waals surface area (Å²) in [5, 5.41) is 13.9. The Balaban J connectivity index is 4.33. The molecule has 0 saturated heterocycles. The molecule has 3 atom stereocenters. The first-order valence-corrected chi connectivity index (χ1v) is 31.3. The van der Waals surface area contributed by atoms with Crippen molar-refractivity contribution in [2.24, 2.45) is 0 Å². The van der Waals surface area contributed by atoms with Crippen LogP contribution in [0.15, 0.2) is 109 Å². The Morgan fingerprint density at radius 2 is 0.836 bits per heavy atom. The zero-order chi connectivity index (χ0) is 53.5. The monoisotopic (exact) mass is 1040 g/mol. The number of likely N-dealkylation sites (N-methyl/N-ethyl adjacent to an activating group) is 1. The van der Waals surface area contributed by atoms with Gasteiger partial charge in [-0.25, -0.2) is 4.57 Å². The normalized spacial score (nSPS) is 14.7. The lowest BCUT2D eigenvalue weighted by molar-refractivity contribution is -0.870. The van der Waals surface area contributed by atoms with Gasteiger partial charge in [0.15, 0.2) is 0 Å². The van der Waals surface area contributed by atoms with Crippen LogP contribution < -0.4 is 5.32 Å². The number of aliphatic hydroxyl groups is 1. The number of aliphatic hydroxyl groups excluding tert-OH is 1. The van der Waals surface area contributed by atoms with Gasteiger partial charge in [0.2, 0.25) is 5.91 Å². The number of hydrogen-bond donors (Lipinski definition) is 3. The maximum Gasteiger partial charge on any atom is 0.472 e. The molecule has 0 aliphatic carbocycles. The molecule has 3 N–H and O–H groups in total. The van der Waals surface area contributed by atoms with Crippen LogP contribution in [0.25, 0.3) is 0 Å². The first-order valence-electron chi connectivity index (χ1n) is 29.8. The maximum absolute atomic E-state index is 13.0. The van der Waals surface area contributed by atoms with Crippen molar-refractivity contribution in [2.45, 2.75) is 251 Å². The number of allylic oxidation sites excluding steroid dienone is 17. The average molecular weight is 1040 g/mol. The van der Waals surface area contributed by atoms with Crippen molar-refractivity contribution in [1.29, 1.82) is 0 Å². The zero-order valence-corrected chi connectivity index (χ0v) is 48.7. The average Bonchev–Trinajstić information content (AvgIpc) is 3.35. The molecule has 0 rings (SSSR count).